The second kappa shape index (κ2) is 6.49. The Labute approximate surface area is 105 Å². The molecule has 3 nitrogen and oxygen atoms in total. The molecule has 1 aliphatic rings. The number of hydrazine groups is 1. The molecule has 3 N–H and O–H groups in total. The maximum Gasteiger partial charge on any atom is 0.0420 e. The van der Waals surface area contributed by atoms with Crippen molar-refractivity contribution in [2.45, 2.75) is 17.7 Å². The monoisotopic (exact) mass is 255 g/mol. The summed E-state index contributed by atoms with van der Waals surface area (Å²) in [4.78, 5) is 4.35. The minimum Gasteiger partial charge on any atom is -0.271 e. The average Bonchev–Trinajstić information content (AvgIpc) is 2.38. The Kier molecular flexibility index (Phi) is 4.96. The van der Waals surface area contributed by atoms with E-state index in [0.29, 0.717) is 11.3 Å². The normalized spacial score (nSPS) is 22.9. The third kappa shape index (κ3) is 3.38. The average molecular weight is 255 g/mol. The van der Waals surface area contributed by atoms with Gasteiger partial charge in [-0.3, -0.25) is 16.3 Å². The van der Waals surface area contributed by atoms with Crippen LogP contribution in [0, 0.1) is 0 Å². The molecule has 2 atom stereocenters. The number of pyridine rings is 1. The predicted molar refractivity (Wildman–Crippen MR) is 72.6 cm³/mol. The van der Waals surface area contributed by atoms with Crippen LogP contribution in [0.1, 0.15) is 5.69 Å². The summed E-state index contributed by atoms with van der Waals surface area (Å²) in [5.74, 6) is 9.34. The molecule has 2 unspecified atom stereocenters. The molecule has 0 spiro atoms. The Morgan fingerprint density at radius 2 is 2.44 bits per heavy atom. The zero-order valence-electron chi connectivity index (χ0n) is 9.13. The molecule has 2 rings (SSSR count). The van der Waals surface area contributed by atoms with Crippen molar-refractivity contribution in [2.75, 3.05) is 17.3 Å². The Morgan fingerprint density at radius 3 is 3.06 bits per heavy atom. The van der Waals surface area contributed by atoms with Crippen LogP contribution in [0.4, 0.5) is 0 Å². The number of hydrogen-bond donors (Lipinski definition) is 2. The minimum atomic E-state index is 0.327. The van der Waals surface area contributed by atoms with E-state index in [1.807, 2.05) is 41.9 Å². The maximum atomic E-state index is 5.65. The van der Waals surface area contributed by atoms with E-state index in [-0.39, 0.29) is 0 Å². The Hall–Kier alpha value is -0.230. The van der Waals surface area contributed by atoms with E-state index >= 15 is 0 Å². The second-order valence-electron chi connectivity index (χ2n) is 3.78. The Balaban J connectivity index is 1.94. The fourth-order valence-electron chi connectivity index (χ4n) is 1.78. The van der Waals surface area contributed by atoms with Gasteiger partial charge in [-0.2, -0.15) is 23.5 Å². The van der Waals surface area contributed by atoms with E-state index < -0.39 is 0 Å². The number of hydrogen-bond acceptors (Lipinski definition) is 5. The van der Waals surface area contributed by atoms with Crippen molar-refractivity contribution in [3.8, 4) is 0 Å². The lowest BCUT2D eigenvalue weighted by molar-refractivity contribution is 0.518. The van der Waals surface area contributed by atoms with Crippen molar-refractivity contribution in [1.29, 1.82) is 0 Å². The van der Waals surface area contributed by atoms with E-state index in [1.165, 1.54) is 17.3 Å². The first-order chi connectivity index (χ1) is 7.90. The van der Waals surface area contributed by atoms with Gasteiger partial charge in [0.05, 0.1) is 0 Å². The van der Waals surface area contributed by atoms with Crippen LogP contribution in [0.3, 0.4) is 0 Å². The SMILES string of the molecule is NNC(Cc1ccccn1)C1CSCCS1. The van der Waals surface area contributed by atoms with Crippen LogP contribution in [0.5, 0.6) is 0 Å². The van der Waals surface area contributed by atoms with Gasteiger partial charge >= 0.3 is 0 Å². The number of thioether (sulfide) groups is 2. The van der Waals surface area contributed by atoms with Crippen molar-refractivity contribution >= 4 is 23.5 Å². The van der Waals surface area contributed by atoms with Crippen LogP contribution < -0.4 is 11.3 Å². The van der Waals surface area contributed by atoms with Gasteiger partial charge in [0.1, 0.15) is 0 Å². The quantitative estimate of drug-likeness (QED) is 0.627. The van der Waals surface area contributed by atoms with E-state index in [0.717, 1.165) is 12.1 Å². The van der Waals surface area contributed by atoms with E-state index in [9.17, 15) is 0 Å². The van der Waals surface area contributed by atoms with E-state index in [2.05, 4.69) is 16.5 Å². The molecule has 1 fully saturated rings. The van der Waals surface area contributed by atoms with Crippen molar-refractivity contribution in [3.05, 3.63) is 30.1 Å². The summed E-state index contributed by atoms with van der Waals surface area (Å²) >= 11 is 4.04. The summed E-state index contributed by atoms with van der Waals surface area (Å²) in [5.41, 5.74) is 4.06. The molecule has 0 aromatic carbocycles. The fraction of sp³-hybridized carbons (Fsp3) is 0.545. The van der Waals surface area contributed by atoms with Crippen LogP contribution >= 0.6 is 23.5 Å². The maximum absolute atomic E-state index is 5.65. The molecule has 0 aliphatic carbocycles. The lowest BCUT2D eigenvalue weighted by Crippen LogP contribution is -2.46. The van der Waals surface area contributed by atoms with Crippen molar-refractivity contribution < 1.29 is 0 Å². The van der Waals surface area contributed by atoms with Crippen molar-refractivity contribution in [2.24, 2.45) is 5.84 Å². The molecule has 0 radical (unpaired) electrons. The molecule has 0 amide bonds. The summed E-state index contributed by atoms with van der Waals surface area (Å²) in [7, 11) is 0. The Bertz CT molecular complexity index is 301. The van der Waals surface area contributed by atoms with Crippen LogP contribution in [-0.2, 0) is 6.42 Å². The first-order valence-corrected chi connectivity index (χ1v) is 7.66. The molecule has 1 saturated heterocycles. The van der Waals surface area contributed by atoms with Crippen molar-refractivity contribution in [1.82, 2.24) is 10.4 Å². The number of nitrogens with two attached hydrogens (primary N) is 1. The number of rotatable bonds is 4. The second-order valence-corrected chi connectivity index (χ2v) is 6.28. The molecule has 16 heavy (non-hydrogen) atoms. The molecule has 1 aliphatic heterocycles. The predicted octanol–water partition coefficient (Wildman–Crippen LogP) is 1.30. The highest BCUT2D eigenvalue weighted by Crippen LogP contribution is 2.27. The summed E-state index contributed by atoms with van der Waals surface area (Å²) in [6, 6.07) is 6.36. The molecule has 1 aromatic heterocycles. The van der Waals surface area contributed by atoms with Crippen molar-refractivity contribution in [3.63, 3.8) is 0 Å². The molecular formula is C11H17N3S2. The van der Waals surface area contributed by atoms with Crippen LogP contribution in [0.2, 0.25) is 0 Å². The first-order valence-electron chi connectivity index (χ1n) is 5.45. The molecule has 5 heteroatoms. The topological polar surface area (TPSA) is 50.9 Å². The highest BCUT2D eigenvalue weighted by Gasteiger charge is 2.24. The third-order valence-corrected chi connectivity index (χ3v) is 5.58. The lowest BCUT2D eigenvalue weighted by Gasteiger charge is -2.28. The smallest absolute Gasteiger partial charge is 0.0420 e. The van der Waals surface area contributed by atoms with Gasteiger partial charge in [0.15, 0.2) is 0 Å². The van der Waals surface area contributed by atoms with E-state index in [4.69, 9.17) is 5.84 Å². The minimum absolute atomic E-state index is 0.327. The number of nitrogens with one attached hydrogen (secondary N) is 1. The van der Waals surface area contributed by atoms with Gasteiger partial charge in [-0.15, -0.1) is 0 Å². The number of nitrogens with zero attached hydrogens (tertiary/aromatic N) is 1. The lowest BCUT2D eigenvalue weighted by atomic mass is 10.1. The van der Waals surface area contributed by atoms with Gasteiger partial charge in [-0.05, 0) is 12.1 Å². The zero-order valence-corrected chi connectivity index (χ0v) is 10.8. The van der Waals surface area contributed by atoms with Gasteiger partial charge < -0.3 is 0 Å². The molecule has 88 valence electrons. The van der Waals surface area contributed by atoms with Crippen LogP contribution in [0.25, 0.3) is 0 Å². The third-order valence-electron chi connectivity index (χ3n) is 2.66. The van der Waals surface area contributed by atoms with Gasteiger partial charge in [0.25, 0.3) is 0 Å². The Morgan fingerprint density at radius 1 is 1.50 bits per heavy atom. The standard InChI is InChI=1S/C11H17N3S2/c12-14-10(11-8-15-5-6-16-11)7-9-3-1-2-4-13-9/h1-4,10-11,14H,5-8,12H2. The van der Waals surface area contributed by atoms with E-state index in [1.54, 1.807) is 0 Å². The van der Waals surface area contributed by atoms with Gasteiger partial charge in [0, 0.05) is 46.9 Å². The molecule has 2 heterocycles. The molecule has 1 aromatic rings. The summed E-state index contributed by atoms with van der Waals surface area (Å²) in [5, 5.41) is 0.603. The summed E-state index contributed by atoms with van der Waals surface area (Å²) < 4.78 is 0. The highest BCUT2D eigenvalue weighted by molar-refractivity contribution is 8.06. The highest BCUT2D eigenvalue weighted by atomic mass is 32.2. The van der Waals surface area contributed by atoms with Gasteiger partial charge in [0.2, 0.25) is 0 Å². The summed E-state index contributed by atoms with van der Waals surface area (Å²) in [6.45, 7) is 0. The van der Waals surface area contributed by atoms with Gasteiger partial charge in [-0.1, -0.05) is 6.07 Å². The summed E-state index contributed by atoms with van der Waals surface area (Å²) in [6.07, 6.45) is 2.75. The number of aromatic nitrogens is 1. The van der Waals surface area contributed by atoms with Crippen LogP contribution in [0.15, 0.2) is 24.4 Å². The zero-order chi connectivity index (χ0) is 11.2. The fourth-order valence-corrected chi connectivity index (χ4v) is 4.65. The van der Waals surface area contributed by atoms with Crippen LogP contribution in [-0.4, -0.2) is 33.5 Å². The molecular weight excluding hydrogens is 238 g/mol. The molecule has 0 saturated carbocycles. The first kappa shape index (κ1) is 12.2. The van der Waals surface area contributed by atoms with Gasteiger partial charge in [-0.25, -0.2) is 0 Å². The largest absolute Gasteiger partial charge is 0.271 e. The molecule has 0 bridgehead atoms.